The first-order valence-corrected chi connectivity index (χ1v) is 5.92. The van der Waals surface area contributed by atoms with Gasteiger partial charge in [-0.3, -0.25) is 0 Å². The molecule has 0 aromatic heterocycles. The van der Waals surface area contributed by atoms with E-state index in [9.17, 15) is 4.79 Å². The molecule has 2 rings (SSSR count). The van der Waals surface area contributed by atoms with Gasteiger partial charge in [0.25, 0.3) is 0 Å². The topological polar surface area (TPSA) is 35.5 Å². The van der Waals surface area contributed by atoms with Gasteiger partial charge < -0.3 is 9.47 Å². The number of allylic oxidation sites excluding steroid dienone is 1. The summed E-state index contributed by atoms with van der Waals surface area (Å²) in [5, 5.41) is 0. The molecule has 0 aliphatic carbocycles. The van der Waals surface area contributed by atoms with Crippen LogP contribution in [0, 0.1) is 0 Å². The summed E-state index contributed by atoms with van der Waals surface area (Å²) in [5.41, 5.74) is 0.501. The summed E-state index contributed by atoms with van der Waals surface area (Å²) in [4.78, 5) is 11.8. The Balaban J connectivity index is 2.18. The van der Waals surface area contributed by atoms with E-state index >= 15 is 0 Å². The molecule has 0 fully saturated rings. The van der Waals surface area contributed by atoms with Crippen molar-refractivity contribution in [2.75, 3.05) is 13.2 Å². The molecule has 1 heterocycles. The van der Waals surface area contributed by atoms with Crippen LogP contribution >= 0.6 is 0 Å². The summed E-state index contributed by atoms with van der Waals surface area (Å²) >= 11 is 0. The number of para-hydroxylation sites is 1. The molecule has 1 aromatic rings. The highest BCUT2D eigenvalue weighted by atomic mass is 16.5. The molecule has 0 N–H and O–H groups in total. The number of carbonyl (C=O) groups excluding carboxylic acids is 1. The standard InChI is InChI=1S/C14H16O3/c15-14-12-8-4-5-9-13(12)16-10-6-2-1-3-7-11-17-14/h2,4-6,8-9H,1,3,7,10-11H2. The van der Waals surface area contributed by atoms with Crippen molar-refractivity contribution >= 4 is 5.97 Å². The van der Waals surface area contributed by atoms with E-state index in [1.165, 1.54) is 0 Å². The third-order valence-electron chi connectivity index (χ3n) is 2.61. The zero-order valence-corrected chi connectivity index (χ0v) is 9.72. The van der Waals surface area contributed by atoms with E-state index in [-0.39, 0.29) is 5.97 Å². The lowest BCUT2D eigenvalue weighted by molar-refractivity contribution is 0.0494. The number of benzene rings is 1. The number of rotatable bonds is 0. The molecular formula is C14H16O3. The van der Waals surface area contributed by atoms with E-state index in [0.717, 1.165) is 19.3 Å². The van der Waals surface area contributed by atoms with E-state index in [1.807, 2.05) is 18.2 Å². The summed E-state index contributed by atoms with van der Waals surface area (Å²) in [6, 6.07) is 7.18. The van der Waals surface area contributed by atoms with Crippen molar-refractivity contribution in [3.8, 4) is 5.75 Å². The average molecular weight is 232 g/mol. The first-order valence-electron chi connectivity index (χ1n) is 5.92. The van der Waals surface area contributed by atoms with Crippen LogP contribution in [0.5, 0.6) is 5.75 Å². The fourth-order valence-electron chi connectivity index (χ4n) is 1.69. The summed E-state index contributed by atoms with van der Waals surface area (Å²) in [7, 11) is 0. The summed E-state index contributed by atoms with van der Waals surface area (Å²) in [6.07, 6.45) is 7.03. The Hall–Kier alpha value is -1.77. The van der Waals surface area contributed by atoms with E-state index in [1.54, 1.807) is 12.1 Å². The second kappa shape index (κ2) is 6.09. The Kier molecular flexibility index (Phi) is 4.19. The van der Waals surface area contributed by atoms with Gasteiger partial charge >= 0.3 is 5.97 Å². The Morgan fingerprint density at radius 1 is 1.00 bits per heavy atom. The number of hydrogen-bond acceptors (Lipinski definition) is 3. The fourth-order valence-corrected chi connectivity index (χ4v) is 1.69. The Labute approximate surface area is 101 Å². The van der Waals surface area contributed by atoms with Crippen molar-refractivity contribution in [2.45, 2.75) is 19.3 Å². The van der Waals surface area contributed by atoms with Gasteiger partial charge in [0.2, 0.25) is 0 Å². The van der Waals surface area contributed by atoms with Crippen LogP contribution in [-0.2, 0) is 4.74 Å². The minimum absolute atomic E-state index is 0.301. The SMILES string of the molecule is O=C1OCCCCC=CCOc2ccccc21. The third kappa shape index (κ3) is 3.34. The second-order valence-corrected chi connectivity index (χ2v) is 3.91. The largest absolute Gasteiger partial charge is 0.489 e. The van der Waals surface area contributed by atoms with Gasteiger partial charge in [0.15, 0.2) is 0 Å². The van der Waals surface area contributed by atoms with E-state index in [0.29, 0.717) is 24.5 Å². The quantitative estimate of drug-likeness (QED) is 0.509. The maximum atomic E-state index is 11.8. The summed E-state index contributed by atoms with van der Waals surface area (Å²) in [6.45, 7) is 0.964. The Morgan fingerprint density at radius 2 is 1.88 bits per heavy atom. The number of cyclic esters (lactones) is 1. The van der Waals surface area contributed by atoms with E-state index < -0.39 is 0 Å². The highest BCUT2D eigenvalue weighted by Gasteiger charge is 2.13. The van der Waals surface area contributed by atoms with Crippen LogP contribution in [-0.4, -0.2) is 19.2 Å². The molecule has 17 heavy (non-hydrogen) atoms. The predicted octanol–water partition coefficient (Wildman–Crippen LogP) is 2.96. The zero-order valence-electron chi connectivity index (χ0n) is 9.72. The molecule has 3 nitrogen and oxygen atoms in total. The summed E-state index contributed by atoms with van der Waals surface area (Å²) < 4.78 is 10.7. The van der Waals surface area contributed by atoms with Crippen LogP contribution in [0.4, 0.5) is 0 Å². The highest BCUT2D eigenvalue weighted by molar-refractivity contribution is 5.92. The molecular weight excluding hydrogens is 216 g/mol. The molecule has 0 saturated heterocycles. The van der Waals surface area contributed by atoms with Gasteiger partial charge in [-0.1, -0.05) is 24.3 Å². The molecule has 0 bridgehead atoms. The van der Waals surface area contributed by atoms with E-state index in [4.69, 9.17) is 9.47 Å². The molecule has 0 spiro atoms. The molecule has 1 aliphatic rings. The fraction of sp³-hybridized carbons (Fsp3) is 0.357. The first kappa shape index (κ1) is 11.7. The van der Waals surface area contributed by atoms with Crippen molar-refractivity contribution in [3.63, 3.8) is 0 Å². The number of hydrogen-bond donors (Lipinski definition) is 0. The minimum atomic E-state index is -0.301. The molecule has 0 saturated carbocycles. The van der Waals surface area contributed by atoms with Crippen LogP contribution in [0.15, 0.2) is 36.4 Å². The Morgan fingerprint density at radius 3 is 2.82 bits per heavy atom. The van der Waals surface area contributed by atoms with Gasteiger partial charge in [0.05, 0.1) is 6.61 Å². The number of ether oxygens (including phenoxy) is 2. The van der Waals surface area contributed by atoms with Crippen molar-refractivity contribution < 1.29 is 14.3 Å². The minimum Gasteiger partial charge on any atom is -0.489 e. The number of esters is 1. The molecule has 0 radical (unpaired) electrons. The van der Waals surface area contributed by atoms with Gasteiger partial charge in [0.1, 0.15) is 17.9 Å². The van der Waals surface area contributed by atoms with Gasteiger partial charge in [-0.15, -0.1) is 0 Å². The number of carbonyl (C=O) groups is 1. The van der Waals surface area contributed by atoms with Gasteiger partial charge in [-0.05, 0) is 31.4 Å². The van der Waals surface area contributed by atoms with Crippen LogP contribution in [0.1, 0.15) is 29.6 Å². The Bertz CT molecular complexity index is 410. The van der Waals surface area contributed by atoms with Crippen molar-refractivity contribution in [3.05, 3.63) is 42.0 Å². The lowest BCUT2D eigenvalue weighted by Crippen LogP contribution is -2.09. The smallest absolute Gasteiger partial charge is 0.341 e. The maximum Gasteiger partial charge on any atom is 0.341 e. The normalized spacial score (nSPS) is 17.1. The maximum absolute atomic E-state index is 11.8. The van der Waals surface area contributed by atoms with E-state index in [2.05, 4.69) is 6.08 Å². The predicted molar refractivity (Wildman–Crippen MR) is 65.2 cm³/mol. The van der Waals surface area contributed by atoms with Gasteiger partial charge in [0, 0.05) is 0 Å². The molecule has 0 amide bonds. The molecule has 90 valence electrons. The second-order valence-electron chi connectivity index (χ2n) is 3.91. The third-order valence-corrected chi connectivity index (χ3v) is 2.61. The highest BCUT2D eigenvalue weighted by Crippen LogP contribution is 2.19. The lowest BCUT2D eigenvalue weighted by Gasteiger charge is -2.10. The zero-order chi connectivity index (χ0) is 11.9. The first-order chi connectivity index (χ1) is 8.38. The summed E-state index contributed by atoms with van der Waals surface area (Å²) in [5.74, 6) is 0.285. The van der Waals surface area contributed by atoms with Crippen molar-refractivity contribution in [2.24, 2.45) is 0 Å². The molecule has 0 atom stereocenters. The molecule has 1 aliphatic heterocycles. The molecule has 3 heteroatoms. The van der Waals surface area contributed by atoms with Crippen LogP contribution < -0.4 is 4.74 Å². The van der Waals surface area contributed by atoms with Gasteiger partial charge in [-0.25, -0.2) is 4.79 Å². The van der Waals surface area contributed by atoms with Crippen molar-refractivity contribution in [1.82, 2.24) is 0 Å². The molecule has 0 unspecified atom stereocenters. The number of fused-ring (bicyclic) bond motifs is 1. The average Bonchev–Trinajstić information content (AvgIpc) is 2.35. The monoisotopic (exact) mass is 232 g/mol. The van der Waals surface area contributed by atoms with Gasteiger partial charge in [-0.2, -0.15) is 0 Å². The van der Waals surface area contributed by atoms with Crippen LogP contribution in [0.25, 0.3) is 0 Å². The molecule has 1 aromatic carbocycles. The lowest BCUT2D eigenvalue weighted by atomic mass is 10.2. The van der Waals surface area contributed by atoms with Crippen LogP contribution in [0.3, 0.4) is 0 Å². The van der Waals surface area contributed by atoms with Crippen LogP contribution in [0.2, 0.25) is 0 Å². The van der Waals surface area contributed by atoms with Crippen molar-refractivity contribution in [1.29, 1.82) is 0 Å².